The number of ether oxygens (including phenoxy) is 1. The molecule has 4 fully saturated rings. The summed E-state index contributed by atoms with van der Waals surface area (Å²) < 4.78 is 5.60. The van der Waals surface area contributed by atoms with Crippen LogP contribution >= 0.6 is 0 Å². The van der Waals surface area contributed by atoms with Crippen molar-refractivity contribution < 1.29 is 9.84 Å². The molecular formula is C31H54O2. The molecule has 9 atom stereocenters. The van der Waals surface area contributed by atoms with E-state index in [9.17, 15) is 5.11 Å². The van der Waals surface area contributed by atoms with E-state index in [-0.39, 0.29) is 17.1 Å². The summed E-state index contributed by atoms with van der Waals surface area (Å²) in [7, 11) is 1.80. The van der Waals surface area contributed by atoms with Crippen molar-refractivity contribution in [1.29, 1.82) is 0 Å². The highest BCUT2D eigenvalue weighted by Crippen LogP contribution is 2.74. The highest BCUT2D eigenvalue weighted by atomic mass is 16.5. The molecule has 2 nitrogen and oxygen atoms in total. The summed E-state index contributed by atoms with van der Waals surface area (Å²) in [5.74, 6) is 3.94. The van der Waals surface area contributed by atoms with Gasteiger partial charge in [-0.05, 0) is 123 Å². The Morgan fingerprint density at radius 1 is 0.909 bits per heavy atom. The zero-order valence-corrected chi connectivity index (χ0v) is 23.3. The Kier molecular flexibility index (Phi) is 6.52. The smallest absolute Gasteiger partial charge is 0.0802 e. The standard InChI is InChI=1S/C31H54O2/c1-21(11-10-17-27(2,3)33-9)22-14-19-31(8)24-12-13-25-28(4,5)26(32)16-18-29(25,6)23(24)15-20-30(22,31)7/h10,17,21-26,32H,11-16,18-20H2,1-9H3/b17-10+/t21-,22-,23-,24+,25?,26-,29+,30-,31+/m0/s1. The third-order valence-corrected chi connectivity index (χ3v) is 12.7. The van der Waals surface area contributed by atoms with Crippen molar-refractivity contribution in [3.63, 3.8) is 0 Å². The third-order valence-electron chi connectivity index (χ3n) is 12.7. The van der Waals surface area contributed by atoms with E-state index in [4.69, 9.17) is 4.74 Å². The zero-order valence-electron chi connectivity index (χ0n) is 23.3. The van der Waals surface area contributed by atoms with Crippen LogP contribution in [0.15, 0.2) is 12.2 Å². The Bertz CT molecular complexity index is 752. The summed E-state index contributed by atoms with van der Waals surface area (Å²) in [5.41, 5.74) is 1.24. The summed E-state index contributed by atoms with van der Waals surface area (Å²) in [6.07, 6.45) is 16.3. The highest BCUT2D eigenvalue weighted by Gasteiger charge is 2.67. The molecule has 4 aliphatic rings. The van der Waals surface area contributed by atoms with Crippen molar-refractivity contribution in [2.24, 2.45) is 51.2 Å². The topological polar surface area (TPSA) is 29.5 Å². The molecule has 0 amide bonds. The zero-order chi connectivity index (χ0) is 24.4. The van der Waals surface area contributed by atoms with Gasteiger partial charge in [-0.25, -0.2) is 0 Å². The van der Waals surface area contributed by atoms with Gasteiger partial charge in [0.05, 0.1) is 11.7 Å². The quantitative estimate of drug-likeness (QED) is 0.422. The number of rotatable bonds is 5. The van der Waals surface area contributed by atoms with Gasteiger partial charge in [0.2, 0.25) is 0 Å². The van der Waals surface area contributed by atoms with Gasteiger partial charge in [0.1, 0.15) is 0 Å². The maximum absolute atomic E-state index is 10.8. The lowest BCUT2D eigenvalue weighted by Gasteiger charge is -2.67. The van der Waals surface area contributed by atoms with E-state index in [1.54, 1.807) is 7.11 Å². The Morgan fingerprint density at radius 3 is 2.24 bits per heavy atom. The monoisotopic (exact) mass is 458 g/mol. The molecule has 1 unspecified atom stereocenters. The molecule has 0 heterocycles. The fourth-order valence-electron chi connectivity index (χ4n) is 10.3. The van der Waals surface area contributed by atoms with Gasteiger partial charge >= 0.3 is 0 Å². The number of hydrogen-bond acceptors (Lipinski definition) is 2. The van der Waals surface area contributed by atoms with Crippen LogP contribution in [-0.2, 0) is 4.74 Å². The first-order valence-corrected chi connectivity index (χ1v) is 14.1. The molecule has 0 saturated heterocycles. The van der Waals surface area contributed by atoms with Gasteiger partial charge in [-0.2, -0.15) is 0 Å². The molecule has 1 N–H and O–H groups in total. The molecule has 0 spiro atoms. The molecule has 0 aromatic heterocycles. The van der Waals surface area contributed by atoms with Crippen molar-refractivity contribution in [2.75, 3.05) is 7.11 Å². The predicted octanol–water partition coefficient (Wildman–Crippen LogP) is 8.04. The number of methoxy groups -OCH3 is 1. The van der Waals surface area contributed by atoms with E-state index < -0.39 is 0 Å². The van der Waals surface area contributed by atoms with Gasteiger partial charge < -0.3 is 9.84 Å². The molecule has 0 aromatic rings. The molecule has 4 saturated carbocycles. The SMILES string of the molecule is COC(C)(C)/C=C/C[C@H](C)[C@@H]1CC[C@]2(C)[C@@H]3CCC4C(C)(C)[C@@H](O)CC[C@]4(C)[C@H]3CC[C@@]12C. The summed E-state index contributed by atoms with van der Waals surface area (Å²) in [4.78, 5) is 0. The minimum atomic E-state index is -0.165. The molecule has 4 aliphatic carbocycles. The molecule has 33 heavy (non-hydrogen) atoms. The highest BCUT2D eigenvalue weighted by molar-refractivity contribution is 5.16. The van der Waals surface area contributed by atoms with Crippen molar-refractivity contribution in [3.05, 3.63) is 12.2 Å². The van der Waals surface area contributed by atoms with Crippen LogP contribution in [0.5, 0.6) is 0 Å². The lowest BCUT2D eigenvalue weighted by Crippen LogP contribution is -2.61. The minimum absolute atomic E-state index is 0.0642. The minimum Gasteiger partial charge on any atom is -0.393 e. The van der Waals surface area contributed by atoms with Gasteiger partial charge in [-0.15, -0.1) is 0 Å². The van der Waals surface area contributed by atoms with Crippen LogP contribution in [-0.4, -0.2) is 23.9 Å². The third kappa shape index (κ3) is 3.80. The van der Waals surface area contributed by atoms with E-state index in [1.165, 1.54) is 51.4 Å². The number of allylic oxidation sites excluding steroid dienone is 1. The van der Waals surface area contributed by atoms with Crippen LogP contribution < -0.4 is 0 Å². The van der Waals surface area contributed by atoms with Crippen molar-refractivity contribution in [2.45, 2.75) is 125 Å². The van der Waals surface area contributed by atoms with E-state index in [0.29, 0.717) is 22.2 Å². The second-order valence-electron chi connectivity index (χ2n) is 14.7. The first-order valence-electron chi connectivity index (χ1n) is 14.1. The number of hydrogen-bond donors (Lipinski definition) is 1. The largest absolute Gasteiger partial charge is 0.393 e. The Hall–Kier alpha value is -0.340. The lowest BCUT2D eigenvalue weighted by atomic mass is 9.38. The van der Waals surface area contributed by atoms with Crippen LogP contribution in [0.2, 0.25) is 0 Å². The number of aliphatic hydroxyl groups is 1. The normalized spacial score (nSPS) is 48.2. The molecule has 0 aliphatic heterocycles. The molecule has 4 rings (SSSR count). The summed E-state index contributed by atoms with van der Waals surface area (Å²) in [6, 6.07) is 0. The summed E-state index contributed by atoms with van der Waals surface area (Å²) in [6.45, 7) is 19.5. The fourth-order valence-corrected chi connectivity index (χ4v) is 10.3. The van der Waals surface area contributed by atoms with Gasteiger partial charge in [0.15, 0.2) is 0 Å². The van der Waals surface area contributed by atoms with E-state index in [1.807, 2.05) is 0 Å². The van der Waals surface area contributed by atoms with E-state index in [0.717, 1.165) is 30.1 Å². The Morgan fingerprint density at radius 2 is 1.58 bits per heavy atom. The maximum Gasteiger partial charge on any atom is 0.0802 e. The Balaban J connectivity index is 1.55. The second-order valence-corrected chi connectivity index (χ2v) is 14.7. The number of aliphatic hydroxyl groups excluding tert-OH is 1. The predicted molar refractivity (Wildman–Crippen MR) is 139 cm³/mol. The first kappa shape index (κ1) is 25.7. The van der Waals surface area contributed by atoms with Gasteiger partial charge in [0.25, 0.3) is 0 Å². The molecular weight excluding hydrogens is 404 g/mol. The van der Waals surface area contributed by atoms with Crippen molar-refractivity contribution in [1.82, 2.24) is 0 Å². The van der Waals surface area contributed by atoms with Gasteiger partial charge in [-0.1, -0.05) is 53.7 Å². The lowest BCUT2D eigenvalue weighted by molar-refractivity contribution is -0.200. The average molecular weight is 459 g/mol. The van der Waals surface area contributed by atoms with Crippen molar-refractivity contribution in [3.8, 4) is 0 Å². The Labute approximate surface area is 205 Å². The number of fused-ring (bicyclic) bond motifs is 5. The molecule has 0 aromatic carbocycles. The first-order chi connectivity index (χ1) is 15.2. The second kappa shape index (κ2) is 8.36. The molecule has 0 radical (unpaired) electrons. The van der Waals surface area contributed by atoms with Crippen molar-refractivity contribution >= 4 is 0 Å². The average Bonchev–Trinajstić information content (AvgIpc) is 3.02. The van der Waals surface area contributed by atoms with Crippen LogP contribution in [0.25, 0.3) is 0 Å². The van der Waals surface area contributed by atoms with Crippen LogP contribution in [0.4, 0.5) is 0 Å². The molecule has 0 bridgehead atoms. The fraction of sp³-hybridized carbons (Fsp3) is 0.935. The van der Waals surface area contributed by atoms with E-state index >= 15 is 0 Å². The maximum atomic E-state index is 10.8. The summed E-state index contributed by atoms with van der Waals surface area (Å²) in [5, 5.41) is 10.8. The molecule has 190 valence electrons. The molecule has 2 heteroatoms. The van der Waals surface area contributed by atoms with Crippen LogP contribution in [0.3, 0.4) is 0 Å². The van der Waals surface area contributed by atoms with Gasteiger partial charge in [-0.3, -0.25) is 0 Å². The van der Waals surface area contributed by atoms with Gasteiger partial charge in [0, 0.05) is 7.11 Å². The van der Waals surface area contributed by atoms with Crippen LogP contribution in [0.1, 0.15) is 113 Å². The van der Waals surface area contributed by atoms with E-state index in [2.05, 4.69) is 67.5 Å². The summed E-state index contributed by atoms with van der Waals surface area (Å²) >= 11 is 0. The van der Waals surface area contributed by atoms with Crippen LogP contribution in [0, 0.1) is 51.2 Å².